The Morgan fingerprint density at radius 2 is 2.19 bits per heavy atom. The molecule has 3 aromatic rings. The maximum Gasteiger partial charge on any atom is 0.236 e. The highest BCUT2D eigenvalue weighted by atomic mass is 16.4. The molecule has 2 aromatic heterocycles. The van der Waals surface area contributed by atoms with Crippen LogP contribution >= 0.6 is 0 Å². The molecule has 16 heavy (non-hydrogen) atoms. The van der Waals surface area contributed by atoms with Gasteiger partial charge < -0.3 is 14.6 Å². The Kier molecular flexibility index (Phi) is 1.77. The van der Waals surface area contributed by atoms with Crippen LogP contribution in [0.2, 0.25) is 0 Å². The number of fused-ring (bicyclic) bond motifs is 1. The van der Waals surface area contributed by atoms with Gasteiger partial charge in [-0.15, -0.1) is 0 Å². The molecule has 0 radical (unpaired) electrons. The molecule has 0 fully saturated rings. The summed E-state index contributed by atoms with van der Waals surface area (Å²) in [5.41, 5.74) is 8.86. The minimum atomic E-state index is 0.265. The molecular formula is C12H10N2O2. The number of anilines is 1. The van der Waals surface area contributed by atoms with E-state index in [4.69, 9.17) is 14.6 Å². The van der Waals surface area contributed by atoms with Gasteiger partial charge in [0.2, 0.25) is 17.4 Å². The van der Waals surface area contributed by atoms with E-state index in [9.17, 15) is 0 Å². The van der Waals surface area contributed by atoms with Gasteiger partial charge in [0.15, 0.2) is 5.52 Å². The SMILES string of the molecule is Cc1cccc(-c2nc3coc(N)c3o2)c1. The predicted octanol–water partition coefficient (Wildman–Crippen LogP) is 2.98. The van der Waals surface area contributed by atoms with Crippen LogP contribution < -0.4 is 5.73 Å². The van der Waals surface area contributed by atoms with Crippen molar-refractivity contribution in [1.29, 1.82) is 0 Å². The summed E-state index contributed by atoms with van der Waals surface area (Å²) >= 11 is 0. The van der Waals surface area contributed by atoms with Gasteiger partial charge in [-0.05, 0) is 19.1 Å². The Hall–Kier alpha value is -2.23. The summed E-state index contributed by atoms with van der Waals surface area (Å²) in [5.74, 6) is 0.831. The summed E-state index contributed by atoms with van der Waals surface area (Å²) < 4.78 is 10.5. The average molecular weight is 214 g/mol. The molecule has 0 aliphatic carbocycles. The summed E-state index contributed by atoms with van der Waals surface area (Å²) in [6, 6.07) is 7.95. The number of aryl methyl sites for hydroxylation is 1. The molecule has 0 unspecified atom stereocenters. The second-order valence-corrected chi connectivity index (χ2v) is 3.70. The van der Waals surface area contributed by atoms with Gasteiger partial charge in [-0.25, -0.2) is 4.98 Å². The molecule has 0 aliphatic heterocycles. The standard InChI is InChI=1S/C12H10N2O2/c1-7-3-2-4-8(5-7)12-14-9-6-15-11(13)10(9)16-12/h2-6H,13H2,1H3. The molecule has 0 saturated carbocycles. The van der Waals surface area contributed by atoms with E-state index < -0.39 is 0 Å². The van der Waals surface area contributed by atoms with Crippen molar-refractivity contribution in [3.63, 3.8) is 0 Å². The fourth-order valence-electron chi connectivity index (χ4n) is 1.66. The summed E-state index contributed by atoms with van der Waals surface area (Å²) in [7, 11) is 0. The van der Waals surface area contributed by atoms with E-state index in [0.717, 1.165) is 11.1 Å². The van der Waals surface area contributed by atoms with E-state index >= 15 is 0 Å². The summed E-state index contributed by atoms with van der Waals surface area (Å²) in [6.45, 7) is 2.02. The number of nitrogens with zero attached hydrogens (tertiary/aromatic N) is 1. The van der Waals surface area contributed by atoms with Crippen LogP contribution in [0.3, 0.4) is 0 Å². The Morgan fingerprint density at radius 1 is 1.31 bits per heavy atom. The minimum absolute atomic E-state index is 0.265. The van der Waals surface area contributed by atoms with Gasteiger partial charge in [0.05, 0.1) is 0 Å². The fraction of sp³-hybridized carbons (Fsp3) is 0.0833. The van der Waals surface area contributed by atoms with Gasteiger partial charge in [-0.3, -0.25) is 0 Å². The lowest BCUT2D eigenvalue weighted by molar-refractivity contribution is 0.566. The van der Waals surface area contributed by atoms with Crippen LogP contribution in [0.4, 0.5) is 5.88 Å². The van der Waals surface area contributed by atoms with E-state index in [-0.39, 0.29) is 5.88 Å². The first-order chi connectivity index (χ1) is 7.74. The highest BCUT2D eigenvalue weighted by Gasteiger charge is 2.13. The topological polar surface area (TPSA) is 65.2 Å². The predicted molar refractivity (Wildman–Crippen MR) is 60.9 cm³/mol. The van der Waals surface area contributed by atoms with Crippen molar-refractivity contribution in [2.75, 3.05) is 5.73 Å². The summed E-state index contributed by atoms with van der Waals surface area (Å²) in [6.07, 6.45) is 1.49. The first kappa shape index (κ1) is 9.03. The van der Waals surface area contributed by atoms with Gasteiger partial charge in [0, 0.05) is 5.56 Å². The number of nitrogen functional groups attached to an aromatic ring is 1. The van der Waals surface area contributed by atoms with Crippen LogP contribution in [0.15, 0.2) is 39.4 Å². The number of oxazole rings is 1. The van der Waals surface area contributed by atoms with Crippen LogP contribution in [-0.2, 0) is 0 Å². The number of rotatable bonds is 1. The molecule has 2 N–H and O–H groups in total. The summed E-state index contributed by atoms with van der Waals surface area (Å²) in [5, 5.41) is 0. The lowest BCUT2D eigenvalue weighted by atomic mass is 10.1. The number of aromatic nitrogens is 1. The number of hydrogen-bond acceptors (Lipinski definition) is 4. The van der Waals surface area contributed by atoms with E-state index in [1.165, 1.54) is 6.26 Å². The number of hydrogen-bond donors (Lipinski definition) is 1. The molecule has 0 atom stereocenters. The number of nitrogens with two attached hydrogens (primary N) is 1. The van der Waals surface area contributed by atoms with Crippen molar-refractivity contribution in [3.8, 4) is 11.5 Å². The minimum Gasteiger partial charge on any atom is -0.443 e. The molecule has 80 valence electrons. The van der Waals surface area contributed by atoms with E-state index in [2.05, 4.69) is 4.98 Å². The maximum absolute atomic E-state index is 5.60. The monoisotopic (exact) mass is 214 g/mol. The molecular weight excluding hydrogens is 204 g/mol. The molecule has 2 heterocycles. The first-order valence-electron chi connectivity index (χ1n) is 4.94. The Labute approximate surface area is 91.7 Å². The second-order valence-electron chi connectivity index (χ2n) is 3.70. The molecule has 0 saturated heterocycles. The van der Waals surface area contributed by atoms with Crippen LogP contribution in [0, 0.1) is 6.92 Å². The van der Waals surface area contributed by atoms with Gasteiger partial charge in [0.1, 0.15) is 6.26 Å². The fourth-order valence-corrected chi connectivity index (χ4v) is 1.66. The Bertz CT molecular complexity index is 652. The molecule has 0 bridgehead atoms. The normalized spacial score (nSPS) is 11.1. The lowest BCUT2D eigenvalue weighted by Gasteiger charge is -1.96. The highest BCUT2D eigenvalue weighted by Crippen LogP contribution is 2.29. The summed E-state index contributed by atoms with van der Waals surface area (Å²) in [4.78, 5) is 4.30. The van der Waals surface area contributed by atoms with Gasteiger partial charge in [0.25, 0.3) is 0 Å². The molecule has 4 heteroatoms. The van der Waals surface area contributed by atoms with Crippen molar-refractivity contribution < 1.29 is 8.83 Å². The van der Waals surface area contributed by atoms with Gasteiger partial charge in [-0.1, -0.05) is 17.7 Å². The molecule has 4 nitrogen and oxygen atoms in total. The third-order valence-electron chi connectivity index (χ3n) is 2.44. The van der Waals surface area contributed by atoms with Crippen molar-refractivity contribution in [2.45, 2.75) is 6.92 Å². The van der Waals surface area contributed by atoms with Crippen molar-refractivity contribution >= 4 is 17.0 Å². The molecule has 3 rings (SSSR count). The van der Waals surface area contributed by atoms with Gasteiger partial charge >= 0.3 is 0 Å². The number of benzene rings is 1. The van der Waals surface area contributed by atoms with E-state index in [1.807, 2.05) is 31.2 Å². The second kappa shape index (κ2) is 3.13. The first-order valence-corrected chi connectivity index (χ1v) is 4.94. The maximum atomic E-state index is 5.60. The quantitative estimate of drug-likeness (QED) is 0.676. The zero-order valence-electron chi connectivity index (χ0n) is 8.73. The Balaban J connectivity index is 2.19. The number of furan rings is 1. The van der Waals surface area contributed by atoms with Crippen LogP contribution in [0.1, 0.15) is 5.56 Å². The third-order valence-corrected chi connectivity index (χ3v) is 2.44. The highest BCUT2D eigenvalue weighted by molar-refractivity contribution is 5.83. The van der Waals surface area contributed by atoms with E-state index in [1.54, 1.807) is 0 Å². The lowest BCUT2D eigenvalue weighted by Crippen LogP contribution is -1.79. The van der Waals surface area contributed by atoms with Crippen molar-refractivity contribution in [3.05, 3.63) is 36.1 Å². The largest absolute Gasteiger partial charge is 0.443 e. The molecule has 0 aliphatic rings. The zero-order valence-corrected chi connectivity index (χ0v) is 8.73. The van der Waals surface area contributed by atoms with Crippen LogP contribution in [-0.4, -0.2) is 4.98 Å². The smallest absolute Gasteiger partial charge is 0.236 e. The molecule has 0 spiro atoms. The molecule has 0 amide bonds. The molecule has 1 aromatic carbocycles. The van der Waals surface area contributed by atoms with Gasteiger partial charge in [-0.2, -0.15) is 0 Å². The van der Waals surface area contributed by atoms with Crippen LogP contribution in [0.25, 0.3) is 22.6 Å². The Morgan fingerprint density at radius 3 is 2.94 bits per heavy atom. The average Bonchev–Trinajstić information content (AvgIpc) is 2.81. The van der Waals surface area contributed by atoms with E-state index in [0.29, 0.717) is 17.0 Å². The zero-order chi connectivity index (χ0) is 11.1. The van der Waals surface area contributed by atoms with Crippen molar-refractivity contribution in [1.82, 2.24) is 4.98 Å². The van der Waals surface area contributed by atoms with Crippen LogP contribution in [0.5, 0.6) is 0 Å². The third kappa shape index (κ3) is 1.27. The van der Waals surface area contributed by atoms with Crippen molar-refractivity contribution in [2.24, 2.45) is 0 Å².